The SMILES string of the molecule is COc1cc(NC(=O)/C=C/CN(C)C)cc(-c2cnc3c(c2)c(-c2ccnc(C#N)c2)cn3COC(C)=O)c1. The number of rotatable bonds is 9. The molecule has 3 aromatic heterocycles. The Morgan fingerprint density at radius 3 is 2.67 bits per heavy atom. The number of ether oxygens (including phenoxy) is 2. The molecular formula is C29H28N6O4. The topological polar surface area (TPSA) is 122 Å². The number of nitriles is 1. The summed E-state index contributed by atoms with van der Waals surface area (Å²) < 4.78 is 12.4. The van der Waals surface area contributed by atoms with Gasteiger partial charge in [0.2, 0.25) is 5.91 Å². The number of carbonyl (C=O) groups is 2. The van der Waals surface area contributed by atoms with Crippen molar-refractivity contribution >= 4 is 28.6 Å². The lowest BCUT2D eigenvalue weighted by atomic mass is 10.0. The Kier molecular flexibility index (Phi) is 8.33. The van der Waals surface area contributed by atoms with Crippen molar-refractivity contribution in [2.24, 2.45) is 0 Å². The largest absolute Gasteiger partial charge is 0.497 e. The number of amides is 1. The standard InChI is InChI=1S/C29H28N6O4/c1-19(36)39-18-35-17-27(20-7-8-31-24(10-20)15-30)26-13-22(16-32-29(26)35)21-11-23(14-25(12-21)38-4)33-28(37)6-5-9-34(2)3/h5-8,10-14,16-17H,9,18H2,1-4H3,(H,33,37)/b6-5+. The first kappa shape index (κ1) is 27.0. The molecule has 0 atom stereocenters. The minimum atomic E-state index is -0.409. The predicted molar refractivity (Wildman–Crippen MR) is 148 cm³/mol. The second kappa shape index (κ2) is 12.0. The van der Waals surface area contributed by atoms with Gasteiger partial charge in [0.05, 0.1) is 7.11 Å². The van der Waals surface area contributed by atoms with Crippen LogP contribution in [0, 0.1) is 11.3 Å². The van der Waals surface area contributed by atoms with Crippen LogP contribution in [0.5, 0.6) is 5.75 Å². The first-order chi connectivity index (χ1) is 18.8. The molecule has 1 amide bonds. The van der Waals surface area contributed by atoms with E-state index in [4.69, 9.17) is 9.47 Å². The van der Waals surface area contributed by atoms with E-state index in [2.05, 4.69) is 21.4 Å². The normalized spacial score (nSPS) is 11.1. The Bertz CT molecular complexity index is 1600. The monoisotopic (exact) mass is 524 g/mol. The van der Waals surface area contributed by atoms with Gasteiger partial charge in [0, 0.05) is 66.4 Å². The Hall–Kier alpha value is -5.01. The molecule has 1 N–H and O–H groups in total. The van der Waals surface area contributed by atoms with Gasteiger partial charge in [-0.2, -0.15) is 5.26 Å². The van der Waals surface area contributed by atoms with Gasteiger partial charge in [-0.1, -0.05) is 6.08 Å². The van der Waals surface area contributed by atoms with Crippen molar-refractivity contribution in [2.75, 3.05) is 33.1 Å². The second-order valence-corrected chi connectivity index (χ2v) is 9.02. The summed E-state index contributed by atoms with van der Waals surface area (Å²) in [6.45, 7) is 1.98. The summed E-state index contributed by atoms with van der Waals surface area (Å²) in [5.74, 6) is -0.0886. The van der Waals surface area contributed by atoms with Crippen LogP contribution in [0.15, 0.2) is 67.1 Å². The van der Waals surface area contributed by atoms with E-state index >= 15 is 0 Å². The molecule has 3 heterocycles. The van der Waals surface area contributed by atoms with Crippen LogP contribution < -0.4 is 10.1 Å². The lowest BCUT2D eigenvalue weighted by Gasteiger charge is -2.11. The van der Waals surface area contributed by atoms with Crippen molar-refractivity contribution in [1.82, 2.24) is 19.4 Å². The quantitative estimate of drug-likeness (QED) is 0.255. The molecule has 1 aromatic carbocycles. The van der Waals surface area contributed by atoms with E-state index in [1.165, 1.54) is 13.0 Å². The summed E-state index contributed by atoms with van der Waals surface area (Å²) in [4.78, 5) is 34.6. The van der Waals surface area contributed by atoms with Crippen LogP contribution in [0.1, 0.15) is 12.6 Å². The van der Waals surface area contributed by atoms with Gasteiger partial charge in [-0.3, -0.25) is 14.2 Å². The van der Waals surface area contributed by atoms with E-state index < -0.39 is 5.97 Å². The van der Waals surface area contributed by atoms with Crippen LogP contribution in [0.3, 0.4) is 0 Å². The number of pyridine rings is 2. The third kappa shape index (κ3) is 6.66. The van der Waals surface area contributed by atoms with Crippen molar-refractivity contribution in [2.45, 2.75) is 13.7 Å². The van der Waals surface area contributed by atoms with Crippen molar-refractivity contribution in [3.63, 3.8) is 0 Å². The summed E-state index contributed by atoms with van der Waals surface area (Å²) in [5.41, 5.74) is 4.59. The summed E-state index contributed by atoms with van der Waals surface area (Å²) >= 11 is 0. The molecule has 198 valence electrons. The number of hydrogen-bond acceptors (Lipinski definition) is 8. The molecule has 0 saturated carbocycles. The minimum absolute atomic E-state index is 0.00888. The summed E-state index contributed by atoms with van der Waals surface area (Å²) in [7, 11) is 5.41. The second-order valence-electron chi connectivity index (χ2n) is 9.02. The Balaban J connectivity index is 1.77. The molecule has 10 nitrogen and oxygen atoms in total. The molecule has 0 aliphatic rings. The summed E-state index contributed by atoms with van der Waals surface area (Å²) in [6, 6.07) is 13.0. The zero-order valence-corrected chi connectivity index (χ0v) is 22.1. The van der Waals surface area contributed by atoms with Gasteiger partial charge in [0.1, 0.15) is 23.2 Å². The first-order valence-corrected chi connectivity index (χ1v) is 12.1. The molecule has 0 saturated heterocycles. The maximum absolute atomic E-state index is 12.4. The fraction of sp³-hybridized carbons (Fsp3) is 0.207. The average molecular weight is 525 g/mol. The Morgan fingerprint density at radius 2 is 1.95 bits per heavy atom. The van der Waals surface area contributed by atoms with Crippen molar-refractivity contribution in [3.05, 3.63) is 72.8 Å². The van der Waals surface area contributed by atoms with E-state index in [0.717, 1.165) is 27.6 Å². The molecule has 0 spiro atoms. The van der Waals surface area contributed by atoms with Gasteiger partial charge in [-0.25, -0.2) is 9.97 Å². The maximum Gasteiger partial charge on any atom is 0.304 e. The molecule has 10 heteroatoms. The van der Waals surface area contributed by atoms with E-state index in [9.17, 15) is 14.9 Å². The van der Waals surface area contributed by atoms with Crippen LogP contribution in [0.4, 0.5) is 5.69 Å². The first-order valence-electron chi connectivity index (χ1n) is 12.1. The van der Waals surface area contributed by atoms with Gasteiger partial charge < -0.3 is 19.7 Å². The van der Waals surface area contributed by atoms with Gasteiger partial charge >= 0.3 is 5.97 Å². The molecule has 0 unspecified atom stereocenters. The van der Waals surface area contributed by atoms with Gasteiger partial charge in [-0.15, -0.1) is 0 Å². The zero-order chi connectivity index (χ0) is 27.9. The molecule has 4 aromatic rings. The highest BCUT2D eigenvalue weighted by Gasteiger charge is 2.15. The molecule has 0 radical (unpaired) electrons. The molecular weight excluding hydrogens is 496 g/mol. The number of nitrogens with one attached hydrogen (secondary N) is 1. The smallest absolute Gasteiger partial charge is 0.304 e. The molecule has 39 heavy (non-hydrogen) atoms. The maximum atomic E-state index is 12.4. The fourth-order valence-corrected chi connectivity index (χ4v) is 3.99. The molecule has 0 aliphatic carbocycles. The average Bonchev–Trinajstić information content (AvgIpc) is 3.29. The molecule has 0 fully saturated rings. The number of nitrogens with zero attached hydrogens (tertiary/aromatic N) is 5. The van der Waals surface area contributed by atoms with Crippen molar-refractivity contribution in [1.29, 1.82) is 5.26 Å². The van der Waals surface area contributed by atoms with E-state index in [1.54, 1.807) is 42.3 Å². The van der Waals surface area contributed by atoms with Gasteiger partial charge in [0.15, 0.2) is 6.73 Å². The van der Waals surface area contributed by atoms with E-state index in [0.29, 0.717) is 23.6 Å². The number of fused-ring (bicyclic) bond motifs is 1. The van der Waals surface area contributed by atoms with Crippen LogP contribution >= 0.6 is 0 Å². The number of benzene rings is 1. The number of methoxy groups -OCH3 is 1. The number of anilines is 1. The summed E-state index contributed by atoms with van der Waals surface area (Å²) in [5, 5.41) is 13.0. The minimum Gasteiger partial charge on any atom is -0.497 e. The fourth-order valence-electron chi connectivity index (χ4n) is 3.99. The highest BCUT2D eigenvalue weighted by molar-refractivity contribution is 6.00. The van der Waals surface area contributed by atoms with Crippen molar-refractivity contribution < 1.29 is 19.1 Å². The van der Waals surface area contributed by atoms with Crippen LogP contribution in [0.2, 0.25) is 0 Å². The predicted octanol–water partition coefficient (Wildman–Crippen LogP) is 4.22. The Morgan fingerprint density at radius 1 is 1.13 bits per heavy atom. The third-order valence-electron chi connectivity index (χ3n) is 5.79. The van der Waals surface area contributed by atoms with Gasteiger partial charge in [-0.05, 0) is 55.6 Å². The van der Waals surface area contributed by atoms with E-state index in [1.807, 2.05) is 49.5 Å². The van der Waals surface area contributed by atoms with E-state index in [-0.39, 0.29) is 18.3 Å². The third-order valence-corrected chi connectivity index (χ3v) is 5.79. The summed E-state index contributed by atoms with van der Waals surface area (Å²) in [6.07, 6.45) is 8.39. The number of aromatic nitrogens is 3. The van der Waals surface area contributed by atoms with Crippen LogP contribution in [-0.4, -0.2) is 59.1 Å². The zero-order valence-electron chi connectivity index (χ0n) is 22.1. The van der Waals surface area contributed by atoms with Crippen molar-refractivity contribution in [3.8, 4) is 34.1 Å². The van der Waals surface area contributed by atoms with Crippen LogP contribution in [0.25, 0.3) is 33.3 Å². The number of hydrogen-bond donors (Lipinski definition) is 1. The van der Waals surface area contributed by atoms with Gasteiger partial charge in [0.25, 0.3) is 0 Å². The lowest BCUT2D eigenvalue weighted by molar-refractivity contribution is -0.144. The number of carbonyl (C=O) groups excluding carboxylic acids is 2. The highest BCUT2D eigenvalue weighted by Crippen LogP contribution is 2.35. The molecule has 4 rings (SSSR count). The number of esters is 1. The van der Waals surface area contributed by atoms with Crippen LogP contribution in [-0.2, 0) is 21.1 Å². The Labute approximate surface area is 226 Å². The highest BCUT2D eigenvalue weighted by atomic mass is 16.5. The lowest BCUT2D eigenvalue weighted by Crippen LogP contribution is -2.13. The number of likely N-dealkylation sites (N-methyl/N-ethyl adjacent to an activating group) is 1. The molecule has 0 bridgehead atoms. The molecule has 0 aliphatic heterocycles.